The summed E-state index contributed by atoms with van der Waals surface area (Å²) in [6.07, 6.45) is 4.30. The highest BCUT2D eigenvalue weighted by molar-refractivity contribution is 5.73. The number of aromatic nitrogens is 5. The molecule has 1 aliphatic carbocycles. The van der Waals surface area contributed by atoms with Crippen LogP contribution in [0.25, 0.3) is 11.0 Å². The number of aromatic amines is 1. The zero-order chi connectivity index (χ0) is 18.3. The van der Waals surface area contributed by atoms with E-state index in [9.17, 15) is 13.6 Å². The fourth-order valence-corrected chi connectivity index (χ4v) is 3.38. The van der Waals surface area contributed by atoms with E-state index in [1.807, 2.05) is 6.92 Å². The minimum absolute atomic E-state index is 0.163. The average molecular weight is 363 g/mol. The Kier molecular flexibility index (Phi) is 4.08. The van der Waals surface area contributed by atoms with Gasteiger partial charge >= 0.3 is 0 Å². The van der Waals surface area contributed by atoms with Gasteiger partial charge in [0.15, 0.2) is 11.5 Å². The summed E-state index contributed by atoms with van der Waals surface area (Å²) < 4.78 is 33.8. The van der Waals surface area contributed by atoms with E-state index in [1.54, 1.807) is 10.9 Å². The molecule has 0 radical (unpaired) electrons. The Hall–Kier alpha value is -2.58. The van der Waals surface area contributed by atoms with E-state index in [4.69, 9.17) is 4.42 Å². The highest BCUT2D eigenvalue weighted by atomic mass is 19.3. The van der Waals surface area contributed by atoms with Crippen molar-refractivity contribution in [3.05, 3.63) is 40.2 Å². The van der Waals surface area contributed by atoms with Gasteiger partial charge in [0.05, 0.1) is 17.9 Å². The van der Waals surface area contributed by atoms with Gasteiger partial charge in [0.1, 0.15) is 17.5 Å². The van der Waals surface area contributed by atoms with Crippen molar-refractivity contribution in [3.8, 4) is 0 Å². The van der Waals surface area contributed by atoms with Crippen molar-refractivity contribution in [2.75, 3.05) is 0 Å². The van der Waals surface area contributed by atoms with Gasteiger partial charge in [-0.2, -0.15) is 5.10 Å². The van der Waals surface area contributed by atoms with Gasteiger partial charge in [-0.3, -0.25) is 4.79 Å². The fourth-order valence-electron chi connectivity index (χ4n) is 3.38. The minimum atomic E-state index is -2.61. The lowest BCUT2D eigenvalue weighted by atomic mass is 9.92. The maximum Gasteiger partial charge on any atom is 0.262 e. The van der Waals surface area contributed by atoms with Crippen LogP contribution >= 0.6 is 0 Å². The van der Waals surface area contributed by atoms with Crippen LogP contribution in [0.2, 0.25) is 0 Å². The first-order valence-corrected chi connectivity index (χ1v) is 8.66. The number of aryl methyl sites for hydroxylation is 3. The number of fused-ring (bicyclic) bond motifs is 1. The van der Waals surface area contributed by atoms with E-state index in [-0.39, 0.29) is 24.4 Å². The fraction of sp³-hybridized carbons (Fsp3) is 0.529. The summed E-state index contributed by atoms with van der Waals surface area (Å²) in [5.41, 5.74) is 0.965. The number of rotatable bonds is 4. The normalized spacial score (nSPS) is 17.8. The molecule has 0 aromatic carbocycles. The van der Waals surface area contributed by atoms with Crippen LogP contribution in [0.3, 0.4) is 0 Å². The third-order valence-corrected chi connectivity index (χ3v) is 4.79. The van der Waals surface area contributed by atoms with Crippen molar-refractivity contribution in [3.63, 3.8) is 0 Å². The van der Waals surface area contributed by atoms with Gasteiger partial charge in [-0.1, -0.05) is 0 Å². The van der Waals surface area contributed by atoms with Gasteiger partial charge in [-0.15, -0.1) is 0 Å². The third kappa shape index (κ3) is 3.25. The molecule has 26 heavy (non-hydrogen) atoms. The summed E-state index contributed by atoms with van der Waals surface area (Å²) in [7, 11) is 0. The number of oxazole rings is 1. The lowest BCUT2D eigenvalue weighted by Gasteiger charge is -2.28. The molecule has 1 N–H and O–H groups in total. The highest BCUT2D eigenvalue weighted by Gasteiger charge is 2.36. The first-order chi connectivity index (χ1) is 12.4. The van der Waals surface area contributed by atoms with E-state index in [1.165, 1.54) is 6.20 Å². The molecule has 0 unspecified atom stereocenters. The molecule has 1 saturated carbocycles. The van der Waals surface area contributed by atoms with Crippen LogP contribution in [0.5, 0.6) is 0 Å². The van der Waals surface area contributed by atoms with Crippen LogP contribution in [0.1, 0.15) is 49.1 Å². The summed E-state index contributed by atoms with van der Waals surface area (Å²) in [4.78, 5) is 23.8. The number of H-pyrrole nitrogens is 1. The molecule has 3 heterocycles. The molecule has 4 rings (SSSR count). The Balaban J connectivity index is 1.60. The molecule has 0 amide bonds. The number of halogens is 2. The van der Waals surface area contributed by atoms with Gasteiger partial charge in [-0.05, 0) is 19.8 Å². The molecule has 7 nitrogen and oxygen atoms in total. The summed E-state index contributed by atoms with van der Waals surface area (Å²) in [6, 6.07) is -0.163. The summed E-state index contributed by atoms with van der Waals surface area (Å²) in [6.45, 7) is 1.84. The maximum atomic E-state index is 13.4. The molecule has 0 bridgehead atoms. The molecule has 0 saturated heterocycles. The van der Waals surface area contributed by atoms with Gasteiger partial charge in [0.25, 0.3) is 5.56 Å². The van der Waals surface area contributed by atoms with E-state index < -0.39 is 5.92 Å². The van der Waals surface area contributed by atoms with Crippen molar-refractivity contribution in [2.24, 2.45) is 0 Å². The number of alkyl halides is 2. The van der Waals surface area contributed by atoms with Crippen molar-refractivity contribution in [2.45, 2.75) is 57.4 Å². The molecule has 1 aliphatic rings. The van der Waals surface area contributed by atoms with E-state index in [0.29, 0.717) is 48.4 Å². The van der Waals surface area contributed by atoms with Crippen molar-refractivity contribution >= 4 is 11.0 Å². The van der Waals surface area contributed by atoms with Crippen LogP contribution in [0, 0.1) is 6.92 Å². The van der Waals surface area contributed by atoms with Crippen LogP contribution in [-0.4, -0.2) is 30.7 Å². The van der Waals surface area contributed by atoms with Gasteiger partial charge in [0.2, 0.25) is 5.92 Å². The number of nitrogens with one attached hydrogen (secondary N) is 1. The third-order valence-electron chi connectivity index (χ3n) is 4.79. The molecule has 1 fully saturated rings. The van der Waals surface area contributed by atoms with E-state index >= 15 is 0 Å². The molecular weight excluding hydrogens is 344 g/mol. The Morgan fingerprint density at radius 1 is 1.31 bits per heavy atom. The largest absolute Gasteiger partial charge is 0.449 e. The maximum absolute atomic E-state index is 13.4. The van der Waals surface area contributed by atoms with Crippen molar-refractivity contribution in [1.29, 1.82) is 0 Å². The lowest BCUT2D eigenvalue weighted by Crippen LogP contribution is -2.27. The highest BCUT2D eigenvalue weighted by Crippen LogP contribution is 2.38. The summed E-state index contributed by atoms with van der Waals surface area (Å²) >= 11 is 0. The zero-order valence-corrected chi connectivity index (χ0v) is 14.3. The Morgan fingerprint density at radius 3 is 2.77 bits per heavy atom. The van der Waals surface area contributed by atoms with Crippen molar-refractivity contribution in [1.82, 2.24) is 24.7 Å². The van der Waals surface area contributed by atoms with Gasteiger partial charge in [-0.25, -0.2) is 23.4 Å². The van der Waals surface area contributed by atoms with Gasteiger partial charge in [0, 0.05) is 25.7 Å². The lowest BCUT2D eigenvalue weighted by molar-refractivity contribution is -0.0446. The molecule has 0 aliphatic heterocycles. The molecule has 138 valence electrons. The first kappa shape index (κ1) is 16.9. The van der Waals surface area contributed by atoms with Crippen LogP contribution < -0.4 is 5.56 Å². The quantitative estimate of drug-likeness (QED) is 0.770. The molecule has 0 spiro atoms. The SMILES string of the molecule is Cc1coc(CCc2nc3c(cnn3C3CCC(F)(F)CC3)c(=O)[nH]2)n1. The van der Waals surface area contributed by atoms with Crippen LogP contribution in [0.4, 0.5) is 8.78 Å². The predicted molar refractivity (Wildman–Crippen MR) is 89.2 cm³/mol. The Morgan fingerprint density at radius 2 is 2.08 bits per heavy atom. The minimum Gasteiger partial charge on any atom is -0.449 e. The summed E-state index contributed by atoms with van der Waals surface area (Å²) in [5.74, 6) is -1.53. The first-order valence-electron chi connectivity index (χ1n) is 8.66. The summed E-state index contributed by atoms with van der Waals surface area (Å²) in [5, 5.41) is 4.62. The Bertz CT molecular complexity index is 981. The van der Waals surface area contributed by atoms with E-state index in [2.05, 4.69) is 20.1 Å². The standard InChI is InChI=1S/C17H19F2N5O2/c1-10-9-26-14(21-10)3-2-13-22-15-12(16(25)23-13)8-20-24(15)11-4-6-17(18,19)7-5-11/h8-9,11H,2-7H2,1H3,(H,22,23,25). The van der Waals surface area contributed by atoms with Gasteiger partial charge < -0.3 is 9.40 Å². The predicted octanol–water partition coefficient (Wildman–Crippen LogP) is 2.95. The smallest absolute Gasteiger partial charge is 0.262 e. The number of nitrogens with zero attached hydrogens (tertiary/aromatic N) is 4. The molecule has 3 aromatic heterocycles. The average Bonchev–Trinajstić information content (AvgIpc) is 3.20. The van der Waals surface area contributed by atoms with E-state index in [0.717, 1.165) is 5.69 Å². The number of hydrogen-bond donors (Lipinski definition) is 1. The zero-order valence-electron chi connectivity index (χ0n) is 14.3. The Labute approximate surface area is 147 Å². The van der Waals surface area contributed by atoms with Crippen molar-refractivity contribution < 1.29 is 13.2 Å². The topological polar surface area (TPSA) is 89.6 Å². The van der Waals surface area contributed by atoms with Crippen LogP contribution in [-0.2, 0) is 12.8 Å². The molecular formula is C17H19F2N5O2. The molecule has 0 atom stereocenters. The second-order valence-electron chi connectivity index (χ2n) is 6.81. The second-order valence-corrected chi connectivity index (χ2v) is 6.81. The molecule has 9 heteroatoms. The monoisotopic (exact) mass is 363 g/mol. The second kappa shape index (κ2) is 6.30. The molecule has 3 aromatic rings. The van der Waals surface area contributed by atoms with Crippen LogP contribution in [0.15, 0.2) is 21.7 Å². The number of hydrogen-bond acceptors (Lipinski definition) is 5.